The molecule has 2 atom stereocenters. The predicted molar refractivity (Wildman–Crippen MR) is 82.2 cm³/mol. The second-order valence-electron chi connectivity index (χ2n) is 5.77. The highest BCUT2D eigenvalue weighted by Crippen LogP contribution is 2.41. The van der Waals surface area contributed by atoms with Crippen LogP contribution in [-0.2, 0) is 0 Å². The summed E-state index contributed by atoms with van der Waals surface area (Å²) in [6.45, 7) is 1.02. The number of carbonyl (C=O) groups excluding carboxylic acids is 1. The fourth-order valence-corrected chi connectivity index (χ4v) is 4.60. The van der Waals surface area contributed by atoms with Gasteiger partial charge in [-0.05, 0) is 43.1 Å². The highest BCUT2D eigenvalue weighted by atomic mass is 32.1. The maximum atomic E-state index is 12.1. The number of aromatic nitrogens is 1. The molecular weight excluding hydrogens is 272 g/mol. The second-order valence-corrected chi connectivity index (χ2v) is 6.53. The molecule has 0 radical (unpaired) electrons. The maximum Gasteiger partial charge on any atom is 0.257 e. The molecule has 0 spiro atoms. The SMILES string of the molecule is CNC(=O)c1c(N)nsc1N1CCC[C@H]2CCCC[C@H]21. The van der Waals surface area contributed by atoms with Gasteiger partial charge in [0.05, 0.1) is 0 Å². The topological polar surface area (TPSA) is 71.2 Å². The normalized spacial score (nSPS) is 26.1. The summed E-state index contributed by atoms with van der Waals surface area (Å²) in [4.78, 5) is 14.5. The quantitative estimate of drug-likeness (QED) is 0.877. The Morgan fingerprint density at radius 3 is 2.90 bits per heavy atom. The molecule has 1 aromatic rings. The molecule has 1 aromatic heterocycles. The third kappa shape index (κ3) is 2.26. The van der Waals surface area contributed by atoms with Gasteiger partial charge in [0.25, 0.3) is 5.91 Å². The van der Waals surface area contributed by atoms with Crippen LogP contribution in [0.3, 0.4) is 0 Å². The number of carbonyl (C=O) groups is 1. The molecular formula is C14H22N4OS. The van der Waals surface area contributed by atoms with E-state index in [-0.39, 0.29) is 5.91 Å². The van der Waals surface area contributed by atoms with E-state index in [1.54, 1.807) is 7.05 Å². The van der Waals surface area contributed by atoms with Crippen molar-refractivity contribution < 1.29 is 4.79 Å². The first-order chi connectivity index (χ1) is 9.72. The van der Waals surface area contributed by atoms with Crippen LogP contribution in [0.15, 0.2) is 0 Å². The third-order valence-corrected chi connectivity index (χ3v) is 5.56. The first-order valence-electron chi connectivity index (χ1n) is 7.46. The molecule has 5 nitrogen and oxygen atoms in total. The summed E-state index contributed by atoms with van der Waals surface area (Å²) in [5.41, 5.74) is 6.48. The number of nitrogens with two attached hydrogens (primary N) is 1. The van der Waals surface area contributed by atoms with Crippen LogP contribution in [0.25, 0.3) is 0 Å². The summed E-state index contributed by atoms with van der Waals surface area (Å²) in [7, 11) is 1.64. The molecule has 0 bridgehead atoms. The second kappa shape index (κ2) is 5.60. The number of anilines is 2. The van der Waals surface area contributed by atoms with Crippen LogP contribution < -0.4 is 16.0 Å². The van der Waals surface area contributed by atoms with E-state index in [1.807, 2.05) is 0 Å². The largest absolute Gasteiger partial charge is 0.382 e. The van der Waals surface area contributed by atoms with Gasteiger partial charge in [0.2, 0.25) is 0 Å². The van der Waals surface area contributed by atoms with Gasteiger partial charge in [-0.1, -0.05) is 12.8 Å². The lowest BCUT2D eigenvalue weighted by molar-refractivity contribution is 0.0964. The smallest absolute Gasteiger partial charge is 0.257 e. The lowest BCUT2D eigenvalue weighted by Gasteiger charge is -2.44. The standard InChI is InChI=1S/C14H22N4OS/c1-16-13(19)11-12(15)17-20-14(11)18-8-4-6-9-5-2-3-7-10(9)18/h9-10H,2-8H2,1H3,(H2,15,17)(H,16,19)/t9-,10-/m1/s1. The molecule has 2 heterocycles. The van der Waals surface area contributed by atoms with Crippen molar-refractivity contribution in [3.63, 3.8) is 0 Å². The number of hydrogen-bond acceptors (Lipinski definition) is 5. The number of nitrogens with one attached hydrogen (secondary N) is 1. The number of fused-ring (bicyclic) bond motifs is 1. The first-order valence-corrected chi connectivity index (χ1v) is 8.23. The number of nitrogen functional groups attached to an aromatic ring is 1. The van der Waals surface area contributed by atoms with E-state index in [4.69, 9.17) is 5.73 Å². The Bertz CT molecular complexity index is 499. The Kier molecular flexibility index (Phi) is 3.83. The van der Waals surface area contributed by atoms with Crippen LogP contribution in [-0.4, -0.2) is 29.9 Å². The number of rotatable bonds is 2. The molecule has 1 saturated heterocycles. The summed E-state index contributed by atoms with van der Waals surface area (Å²) in [6, 6.07) is 0.570. The average Bonchev–Trinajstić information content (AvgIpc) is 2.87. The van der Waals surface area contributed by atoms with E-state index in [0.29, 0.717) is 17.4 Å². The highest BCUT2D eigenvalue weighted by molar-refractivity contribution is 7.11. The van der Waals surface area contributed by atoms with E-state index >= 15 is 0 Å². The zero-order chi connectivity index (χ0) is 14.1. The molecule has 2 fully saturated rings. The fraction of sp³-hybridized carbons (Fsp3) is 0.714. The zero-order valence-electron chi connectivity index (χ0n) is 11.9. The van der Waals surface area contributed by atoms with Crippen molar-refractivity contribution in [2.24, 2.45) is 5.92 Å². The van der Waals surface area contributed by atoms with Gasteiger partial charge in [0.15, 0.2) is 5.82 Å². The van der Waals surface area contributed by atoms with Crippen LogP contribution in [0, 0.1) is 5.92 Å². The minimum absolute atomic E-state index is 0.121. The van der Waals surface area contributed by atoms with Gasteiger partial charge in [-0.2, -0.15) is 4.37 Å². The average molecular weight is 294 g/mol. The molecule has 1 aliphatic heterocycles. The van der Waals surface area contributed by atoms with Crippen molar-refractivity contribution in [1.82, 2.24) is 9.69 Å². The summed E-state index contributed by atoms with van der Waals surface area (Å²) in [5, 5.41) is 3.65. The van der Waals surface area contributed by atoms with E-state index < -0.39 is 0 Å². The Hall–Kier alpha value is -1.30. The Balaban J connectivity index is 1.93. The van der Waals surface area contributed by atoms with Gasteiger partial charge in [-0.3, -0.25) is 4.79 Å². The van der Waals surface area contributed by atoms with Crippen molar-refractivity contribution in [3.8, 4) is 0 Å². The Morgan fingerprint density at radius 2 is 2.10 bits per heavy atom. The fourth-order valence-electron chi connectivity index (χ4n) is 3.70. The number of hydrogen-bond donors (Lipinski definition) is 2. The minimum Gasteiger partial charge on any atom is -0.382 e. The van der Waals surface area contributed by atoms with Gasteiger partial charge in [0, 0.05) is 19.6 Å². The molecule has 0 unspecified atom stereocenters. The number of nitrogens with zero attached hydrogens (tertiary/aromatic N) is 2. The van der Waals surface area contributed by atoms with Crippen molar-refractivity contribution in [1.29, 1.82) is 0 Å². The molecule has 1 saturated carbocycles. The monoisotopic (exact) mass is 294 g/mol. The lowest BCUT2D eigenvalue weighted by atomic mass is 9.78. The van der Waals surface area contributed by atoms with E-state index in [0.717, 1.165) is 17.5 Å². The minimum atomic E-state index is -0.121. The number of piperidine rings is 1. The molecule has 0 aromatic carbocycles. The highest BCUT2D eigenvalue weighted by Gasteiger charge is 2.36. The van der Waals surface area contributed by atoms with Crippen LogP contribution in [0.2, 0.25) is 0 Å². The van der Waals surface area contributed by atoms with Gasteiger partial charge in [-0.15, -0.1) is 0 Å². The molecule has 6 heteroatoms. The van der Waals surface area contributed by atoms with Crippen LogP contribution in [0.1, 0.15) is 48.9 Å². The van der Waals surface area contributed by atoms with Gasteiger partial charge in [-0.25, -0.2) is 0 Å². The molecule has 3 rings (SSSR count). The summed E-state index contributed by atoms with van der Waals surface area (Å²) in [5.74, 6) is 1.02. The first kappa shape index (κ1) is 13.7. The van der Waals surface area contributed by atoms with Gasteiger partial charge < -0.3 is 16.0 Å². The van der Waals surface area contributed by atoms with Crippen LogP contribution in [0.4, 0.5) is 10.8 Å². The summed E-state index contributed by atoms with van der Waals surface area (Å²) < 4.78 is 4.22. The van der Waals surface area contributed by atoms with Crippen molar-refractivity contribution in [3.05, 3.63) is 5.56 Å². The molecule has 2 aliphatic rings. The van der Waals surface area contributed by atoms with E-state index in [1.165, 1.54) is 50.1 Å². The van der Waals surface area contributed by atoms with Gasteiger partial charge in [0.1, 0.15) is 10.6 Å². The molecule has 3 N–H and O–H groups in total. The molecule has 20 heavy (non-hydrogen) atoms. The van der Waals surface area contributed by atoms with Crippen LogP contribution >= 0.6 is 11.5 Å². The Morgan fingerprint density at radius 1 is 1.35 bits per heavy atom. The summed E-state index contributed by atoms with van der Waals surface area (Å²) >= 11 is 1.37. The molecule has 1 amide bonds. The van der Waals surface area contributed by atoms with Gasteiger partial charge >= 0.3 is 0 Å². The summed E-state index contributed by atoms with van der Waals surface area (Å²) in [6.07, 6.45) is 7.72. The zero-order valence-corrected chi connectivity index (χ0v) is 12.7. The van der Waals surface area contributed by atoms with E-state index in [9.17, 15) is 4.79 Å². The van der Waals surface area contributed by atoms with Crippen molar-refractivity contribution in [2.75, 3.05) is 24.2 Å². The Labute approximate surface area is 123 Å². The van der Waals surface area contributed by atoms with Crippen LogP contribution in [0.5, 0.6) is 0 Å². The third-order valence-electron chi connectivity index (χ3n) is 4.66. The molecule has 1 aliphatic carbocycles. The van der Waals surface area contributed by atoms with Crippen molar-refractivity contribution >= 4 is 28.3 Å². The lowest BCUT2D eigenvalue weighted by Crippen LogP contribution is -2.47. The number of amides is 1. The molecule has 110 valence electrons. The van der Waals surface area contributed by atoms with Crippen molar-refractivity contribution in [2.45, 2.75) is 44.6 Å². The maximum absolute atomic E-state index is 12.1. The van der Waals surface area contributed by atoms with E-state index in [2.05, 4.69) is 14.6 Å². The predicted octanol–water partition coefficient (Wildman–Crippen LogP) is 2.24.